The normalized spacial score (nSPS) is 26.1. The molecule has 2 saturated heterocycles. The predicted molar refractivity (Wildman–Crippen MR) is 108 cm³/mol. The Bertz CT molecular complexity index is 826. The smallest absolute Gasteiger partial charge is 0.410 e. The van der Waals surface area contributed by atoms with E-state index in [2.05, 4.69) is 0 Å². The van der Waals surface area contributed by atoms with Crippen LogP contribution in [0.25, 0.3) is 0 Å². The van der Waals surface area contributed by atoms with Crippen molar-refractivity contribution in [3.8, 4) is 5.75 Å². The molecule has 0 aliphatic carbocycles. The van der Waals surface area contributed by atoms with Crippen molar-refractivity contribution in [1.82, 2.24) is 4.90 Å². The Morgan fingerprint density at radius 1 is 1.10 bits per heavy atom. The molecular weight excluding hydrogens is 370 g/mol. The van der Waals surface area contributed by atoms with Gasteiger partial charge in [-0.2, -0.15) is 0 Å². The van der Waals surface area contributed by atoms with Gasteiger partial charge in [0.2, 0.25) is 0 Å². The van der Waals surface area contributed by atoms with Gasteiger partial charge >= 0.3 is 6.09 Å². The van der Waals surface area contributed by atoms with Crippen LogP contribution in [-0.2, 0) is 21.7 Å². The zero-order chi connectivity index (χ0) is 20.3. The number of nitrogens with zero attached hydrogens (tertiary/aromatic N) is 1. The van der Waals surface area contributed by atoms with Crippen LogP contribution in [0.15, 0.2) is 54.6 Å². The third-order valence-electron chi connectivity index (χ3n) is 5.66. The topological polar surface area (TPSA) is 68.2 Å². The lowest BCUT2D eigenvalue weighted by molar-refractivity contribution is -0.137. The Hall–Kier alpha value is -2.57. The van der Waals surface area contributed by atoms with Crippen molar-refractivity contribution in [1.29, 1.82) is 0 Å². The average Bonchev–Trinajstić information content (AvgIpc) is 2.73. The molecule has 2 bridgehead atoms. The van der Waals surface area contributed by atoms with Gasteiger partial charge in [0.05, 0.1) is 37.5 Å². The second-order valence-corrected chi connectivity index (χ2v) is 7.66. The summed E-state index contributed by atoms with van der Waals surface area (Å²) in [6.07, 6.45) is 0.412. The quantitative estimate of drug-likeness (QED) is 0.837. The van der Waals surface area contributed by atoms with Crippen LogP contribution in [0.3, 0.4) is 0 Å². The molecule has 2 heterocycles. The Morgan fingerprint density at radius 2 is 1.76 bits per heavy atom. The van der Waals surface area contributed by atoms with E-state index in [-0.39, 0.29) is 24.8 Å². The number of hydrogen-bond donors (Lipinski definition) is 1. The number of aliphatic hydroxyl groups is 1. The minimum Gasteiger partial charge on any atom is -0.493 e. The number of hydrogen-bond acceptors (Lipinski definition) is 5. The van der Waals surface area contributed by atoms with Crippen LogP contribution < -0.4 is 4.74 Å². The van der Waals surface area contributed by atoms with E-state index in [0.29, 0.717) is 38.4 Å². The van der Waals surface area contributed by atoms with Crippen LogP contribution in [0.2, 0.25) is 0 Å². The Kier molecular flexibility index (Phi) is 5.74. The molecule has 2 unspecified atom stereocenters. The first-order chi connectivity index (χ1) is 14.1. The van der Waals surface area contributed by atoms with Crippen molar-refractivity contribution in [3.63, 3.8) is 0 Å². The number of morpholine rings is 1. The van der Waals surface area contributed by atoms with Gasteiger partial charge in [-0.3, -0.25) is 4.90 Å². The van der Waals surface area contributed by atoms with Crippen molar-refractivity contribution in [2.24, 2.45) is 0 Å². The molecule has 2 aliphatic heterocycles. The van der Waals surface area contributed by atoms with Crippen LogP contribution >= 0.6 is 0 Å². The van der Waals surface area contributed by atoms with E-state index in [0.717, 1.165) is 11.1 Å². The fourth-order valence-electron chi connectivity index (χ4n) is 4.42. The summed E-state index contributed by atoms with van der Waals surface area (Å²) in [6.45, 7) is 3.45. The van der Waals surface area contributed by atoms with Gasteiger partial charge in [-0.05, 0) is 18.6 Å². The van der Waals surface area contributed by atoms with Gasteiger partial charge in [-0.25, -0.2) is 4.79 Å². The summed E-state index contributed by atoms with van der Waals surface area (Å²) in [5.41, 5.74) is 0.652. The second-order valence-electron chi connectivity index (χ2n) is 7.66. The zero-order valence-electron chi connectivity index (χ0n) is 16.6. The Balaban J connectivity index is 1.51. The third-order valence-corrected chi connectivity index (χ3v) is 5.66. The van der Waals surface area contributed by atoms with E-state index in [1.165, 1.54) is 0 Å². The fraction of sp³-hybridized carbons (Fsp3) is 0.435. The van der Waals surface area contributed by atoms with Gasteiger partial charge in [0.25, 0.3) is 0 Å². The van der Waals surface area contributed by atoms with Crippen LogP contribution in [0.1, 0.15) is 30.9 Å². The number of carbonyl (C=O) groups excluding carboxylic acids is 1. The minimum atomic E-state index is -1.07. The number of rotatable bonds is 5. The first-order valence-electron chi connectivity index (χ1n) is 10.1. The van der Waals surface area contributed by atoms with E-state index in [1.807, 2.05) is 61.5 Å². The Labute approximate surface area is 171 Å². The summed E-state index contributed by atoms with van der Waals surface area (Å²) in [4.78, 5) is 14.6. The number of fused-ring (bicyclic) bond motifs is 2. The molecule has 29 heavy (non-hydrogen) atoms. The first-order valence-corrected chi connectivity index (χ1v) is 10.1. The van der Waals surface area contributed by atoms with Crippen LogP contribution in [0.5, 0.6) is 5.75 Å². The highest BCUT2D eigenvalue weighted by Gasteiger charge is 2.50. The van der Waals surface area contributed by atoms with E-state index in [4.69, 9.17) is 14.2 Å². The number of amides is 1. The molecule has 6 nitrogen and oxygen atoms in total. The standard InChI is InChI=1S/C23H27NO5/c1-2-28-21-11-7-6-10-20(21)23(26)12-18-15-27-16-19(13-23)24(18)22(25)29-14-17-8-4-3-5-9-17/h3-11,18-19,26H,2,12-16H2,1H3. The number of para-hydroxylation sites is 1. The van der Waals surface area contributed by atoms with Gasteiger partial charge in [0.15, 0.2) is 0 Å². The van der Waals surface area contributed by atoms with Crippen molar-refractivity contribution in [3.05, 3.63) is 65.7 Å². The zero-order valence-corrected chi connectivity index (χ0v) is 16.6. The summed E-state index contributed by atoms with van der Waals surface area (Å²) in [5, 5.41) is 11.5. The molecule has 2 aromatic carbocycles. The summed E-state index contributed by atoms with van der Waals surface area (Å²) in [6, 6.07) is 16.7. The molecule has 6 heteroatoms. The Morgan fingerprint density at radius 3 is 2.45 bits per heavy atom. The molecule has 2 fully saturated rings. The SMILES string of the molecule is CCOc1ccccc1C1(O)CC2COCC(C1)N2C(=O)OCc1ccccc1. The highest BCUT2D eigenvalue weighted by atomic mass is 16.6. The molecule has 2 aliphatic rings. The largest absolute Gasteiger partial charge is 0.493 e. The minimum absolute atomic E-state index is 0.230. The first kappa shape index (κ1) is 19.7. The maximum absolute atomic E-state index is 12.8. The van der Waals surface area contributed by atoms with Gasteiger partial charge in [0, 0.05) is 18.4 Å². The van der Waals surface area contributed by atoms with Gasteiger partial charge < -0.3 is 19.3 Å². The van der Waals surface area contributed by atoms with Crippen LogP contribution in [0, 0.1) is 0 Å². The van der Waals surface area contributed by atoms with Crippen LogP contribution in [0.4, 0.5) is 4.79 Å². The highest BCUT2D eigenvalue weighted by molar-refractivity contribution is 5.69. The molecule has 1 amide bonds. The molecule has 4 rings (SSSR count). The molecule has 154 valence electrons. The van der Waals surface area contributed by atoms with Crippen molar-refractivity contribution < 1.29 is 24.1 Å². The maximum Gasteiger partial charge on any atom is 0.410 e. The third kappa shape index (κ3) is 4.09. The molecule has 0 spiro atoms. The fourth-order valence-corrected chi connectivity index (χ4v) is 4.42. The summed E-state index contributed by atoms with van der Waals surface area (Å²) in [7, 11) is 0. The molecule has 1 N–H and O–H groups in total. The number of piperidine rings is 1. The lowest BCUT2D eigenvalue weighted by Crippen LogP contribution is -2.62. The van der Waals surface area contributed by atoms with E-state index in [1.54, 1.807) is 4.90 Å². The number of benzene rings is 2. The van der Waals surface area contributed by atoms with Crippen molar-refractivity contribution >= 4 is 6.09 Å². The molecule has 0 radical (unpaired) electrons. The highest BCUT2D eigenvalue weighted by Crippen LogP contribution is 2.44. The number of carbonyl (C=O) groups is 1. The van der Waals surface area contributed by atoms with Crippen LogP contribution in [-0.4, -0.2) is 48.0 Å². The molecule has 2 aromatic rings. The lowest BCUT2D eigenvalue weighted by Gasteiger charge is -2.51. The predicted octanol–water partition coefficient (Wildman–Crippen LogP) is 3.47. The monoisotopic (exact) mass is 397 g/mol. The summed E-state index contributed by atoms with van der Waals surface area (Å²) >= 11 is 0. The molecule has 0 aromatic heterocycles. The van der Waals surface area contributed by atoms with E-state index < -0.39 is 5.60 Å². The summed E-state index contributed by atoms with van der Waals surface area (Å²) < 4.78 is 17.0. The van der Waals surface area contributed by atoms with Crippen molar-refractivity contribution in [2.45, 2.75) is 44.1 Å². The second kappa shape index (κ2) is 8.43. The average molecular weight is 397 g/mol. The van der Waals surface area contributed by atoms with E-state index >= 15 is 0 Å². The van der Waals surface area contributed by atoms with Gasteiger partial charge in [-0.1, -0.05) is 48.5 Å². The molecule has 0 saturated carbocycles. The van der Waals surface area contributed by atoms with E-state index in [9.17, 15) is 9.90 Å². The number of ether oxygens (including phenoxy) is 3. The van der Waals surface area contributed by atoms with Crippen molar-refractivity contribution in [2.75, 3.05) is 19.8 Å². The van der Waals surface area contributed by atoms with Gasteiger partial charge in [-0.15, -0.1) is 0 Å². The maximum atomic E-state index is 12.8. The lowest BCUT2D eigenvalue weighted by atomic mass is 9.76. The molecular formula is C23H27NO5. The summed E-state index contributed by atoms with van der Waals surface area (Å²) in [5.74, 6) is 0.691. The van der Waals surface area contributed by atoms with Gasteiger partial charge in [0.1, 0.15) is 12.4 Å². The molecule has 2 atom stereocenters.